The van der Waals surface area contributed by atoms with Crippen molar-refractivity contribution in [3.05, 3.63) is 39.4 Å². The molecule has 2 aliphatic heterocycles. The summed E-state index contributed by atoms with van der Waals surface area (Å²) in [6.45, 7) is 3.18. The van der Waals surface area contributed by atoms with Crippen LogP contribution >= 0.6 is 0 Å². The zero-order chi connectivity index (χ0) is 15.9. The van der Waals surface area contributed by atoms with Gasteiger partial charge in [-0.2, -0.15) is 0 Å². The van der Waals surface area contributed by atoms with Gasteiger partial charge in [0.2, 0.25) is 0 Å². The minimum Gasteiger partial charge on any atom is -0.468 e. The summed E-state index contributed by atoms with van der Waals surface area (Å²) in [5.74, 6) is 0.743. The maximum Gasteiger partial charge on any atom is 0.270 e. The Morgan fingerprint density at radius 1 is 1.22 bits per heavy atom. The van der Waals surface area contributed by atoms with Crippen LogP contribution in [0.15, 0.2) is 23.8 Å². The molecular formula is C17H20N2O4. The maximum atomic E-state index is 11.0. The second-order valence-corrected chi connectivity index (χ2v) is 6.34. The van der Waals surface area contributed by atoms with Gasteiger partial charge < -0.3 is 9.47 Å². The number of morpholine rings is 1. The molecule has 122 valence electrons. The third-order valence-electron chi connectivity index (χ3n) is 5.05. The molecule has 0 aromatic heterocycles. The van der Waals surface area contributed by atoms with Crippen molar-refractivity contribution in [2.75, 3.05) is 26.3 Å². The van der Waals surface area contributed by atoms with Gasteiger partial charge in [0.05, 0.1) is 18.1 Å². The molecule has 2 fully saturated rings. The molecule has 0 amide bonds. The van der Waals surface area contributed by atoms with Crippen LogP contribution in [0.1, 0.15) is 31.2 Å². The number of benzene rings is 1. The lowest BCUT2D eigenvalue weighted by molar-refractivity contribution is -0.384. The minimum atomic E-state index is -0.384. The van der Waals surface area contributed by atoms with Crippen LogP contribution in [0.4, 0.5) is 5.69 Å². The van der Waals surface area contributed by atoms with Crippen LogP contribution in [-0.2, 0) is 4.74 Å². The molecule has 1 saturated heterocycles. The van der Waals surface area contributed by atoms with Crippen LogP contribution in [0.5, 0.6) is 5.75 Å². The molecular weight excluding hydrogens is 296 g/mol. The number of rotatable bonds is 2. The number of ether oxygens (including phenoxy) is 2. The quantitative estimate of drug-likeness (QED) is 0.620. The zero-order valence-corrected chi connectivity index (χ0v) is 13.0. The number of non-ortho nitro benzene ring substituents is 1. The summed E-state index contributed by atoms with van der Waals surface area (Å²) >= 11 is 0. The van der Waals surface area contributed by atoms with E-state index in [2.05, 4.69) is 11.0 Å². The normalized spacial score (nSPS) is 27.4. The summed E-state index contributed by atoms with van der Waals surface area (Å²) < 4.78 is 12.0. The third kappa shape index (κ3) is 2.42. The maximum absolute atomic E-state index is 11.0. The van der Waals surface area contributed by atoms with Crippen molar-refractivity contribution in [2.45, 2.75) is 31.4 Å². The molecule has 0 N–H and O–H groups in total. The van der Waals surface area contributed by atoms with Crippen LogP contribution in [0.2, 0.25) is 0 Å². The Labute approximate surface area is 134 Å². The lowest BCUT2D eigenvalue weighted by atomic mass is 9.82. The fourth-order valence-electron chi connectivity index (χ4n) is 3.91. The van der Waals surface area contributed by atoms with Crippen molar-refractivity contribution in [1.82, 2.24) is 4.90 Å². The van der Waals surface area contributed by atoms with Crippen molar-refractivity contribution in [3.8, 4) is 5.75 Å². The Kier molecular flexibility index (Phi) is 3.58. The SMILES string of the molecule is O=[N+]([O-])c1ccc2c(c1)C=C1CCCCC1(N1CCOCC1)O2. The highest BCUT2D eigenvalue weighted by atomic mass is 16.6. The Morgan fingerprint density at radius 3 is 2.83 bits per heavy atom. The summed E-state index contributed by atoms with van der Waals surface area (Å²) in [7, 11) is 0. The lowest BCUT2D eigenvalue weighted by Crippen LogP contribution is -2.59. The largest absolute Gasteiger partial charge is 0.468 e. The van der Waals surface area contributed by atoms with Crippen molar-refractivity contribution in [2.24, 2.45) is 0 Å². The topological polar surface area (TPSA) is 64.8 Å². The van der Waals surface area contributed by atoms with Crippen molar-refractivity contribution in [3.63, 3.8) is 0 Å². The Bertz CT molecular complexity index is 667. The molecule has 0 radical (unpaired) electrons. The molecule has 6 heteroatoms. The smallest absolute Gasteiger partial charge is 0.270 e. The van der Waals surface area contributed by atoms with Crippen LogP contribution < -0.4 is 4.74 Å². The Morgan fingerprint density at radius 2 is 2.04 bits per heavy atom. The van der Waals surface area contributed by atoms with Gasteiger partial charge in [0.25, 0.3) is 5.69 Å². The van der Waals surface area contributed by atoms with Gasteiger partial charge in [-0.15, -0.1) is 0 Å². The zero-order valence-electron chi connectivity index (χ0n) is 13.0. The van der Waals surface area contributed by atoms with Crippen molar-refractivity contribution < 1.29 is 14.4 Å². The Balaban J connectivity index is 1.75. The van der Waals surface area contributed by atoms with E-state index in [4.69, 9.17) is 9.47 Å². The van der Waals surface area contributed by atoms with E-state index in [0.717, 1.165) is 63.3 Å². The second kappa shape index (κ2) is 5.62. The van der Waals surface area contributed by atoms with Gasteiger partial charge in [-0.25, -0.2) is 0 Å². The number of fused-ring (bicyclic) bond motifs is 2. The van der Waals surface area contributed by atoms with Gasteiger partial charge in [-0.3, -0.25) is 15.0 Å². The number of nitrogens with zero attached hydrogens (tertiary/aromatic N) is 2. The van der Waals surface area contributed by atoms with Crippen molar-refractivity contribution >= 4 is 11.8 Å². The molecule has 3 aliphatic rings. The predicted octanol–water partition coefficient (Wildman–Crippen LogP) is 2.97. The molecule has 1 aromatic carbocycles. The van der Waals surface area contributed by atoms with Gasteiger partial charge in [0, 0.05) is 37.2 Å². The number of hydrogen-bond acceptors (Lipinski definition) is 5. The summed E-state index contributed by atoms with van der Waals surface area (Å²) in [5, 5.41) is 11.0. The molecule has 2 heterocycles. The highest BCUT2D eigenvalue weighted by molar-refractivity contribution is 5.67. The van der Waals surface area contributed by atoms with Crippen molar-refractivity contribution in [1.29, 1.82) is 0 Å². The fourth-order valence-corrected chi connectivity index (χ4v) is 3.91. The van der Waals surface area contributed by atoms with E-state index in [-0.39, 0.29) is 16.3 Å². The van der Waals surface area contributed by atoms with E-state index >= 15 is 0 Å². The van der Waals surface area contributed by atoms with Crippen LogP contribution in [0.3, 0.4) is 0 Å². The van der Waals surface area contributed by atoms with Crippen LogP contribution in [0, 0.1) is 10.1 Å². The first kappa shape index (κ1) is 14.7. The molecule has 1 aromatic rings. The average Bonchev–Trinajstić information content (AvgIpc) is 2.60. The molecule has 0 bridgehead atoms. The van der Waals surface area contributed by atoms with Gasteiger partial charge in [0.15, 0.2) is 5.72 Å². The van der Waals surface area contributed by atoms with E-state index < -0.39 is 0 Å². The molecule has 6 nitrogen and oxygen atoms in total. The average molecular weight is 316 g/mol. The molecule has 1 atom stereocenters. The molecule has 1 saturated carbocycles. The fraction of sp³-hybridized carbons (Fsp3) is 0.529. The highest BCUT2D eigenvalue weighted by Gasteiger charge is 2.46. The van der Waals surface area contributed by atoms with Crippen LogP contribution in [-0.4, -0.2) is 41.9 Å². The third-order valence-corrected chi connectivity index (χ3v) is 5.05. The molecule has 1 unspecified atom stereocenters. The van der Waals surface area contributed by atoms with Gasteiger partial charge >= 0.3 is 0 Å². The number of hydrogen-bond donors (Lipinski definition) is 0. The molecule has 23 heavy (non-hydrogen) atoms. The summed E-state index contributed by atoms with van der Waals surface area (Å²) in [5.41, 5.74) is 1.79. The minimum absolute atomic E-state index is 0.110. The standard InChI is InChI=1S/C17H20N2O4/c20-19(21)15-4-5-16-13(12-15)11-14-3-1-2-6-17(14,23-16)18-7-9-22-10-8-18/h4-5,11-12H,1-3,6-10H2. The van der Waals surface area contributed by atoms with Gasteiger partial charge in [-0.05, 0) is 37.0 Å². The monoisotopic (exact) mass is 316 g/mol. The lowest BCUT2D eigenvalue weighted by Gasteiger charge is -2.50. The first-order valence-electron chi connectivity index (χ1n) is 8.20. The van der Waals surface area contributed by atoms with E-state index in [9.17, 15) is 10.1 Å². The van der Waals surface area contributed by atoms with E-state index in [1.807, 2.05) is 0 Å². The Hall–Kier alpha value is -1.92. The molecule has 0 spiro atoms. The van der Waals surface area contributed by atoms with Gasteiger partial charge in [-0.1, -0.05) is 0 Å². The number of nitro benzene ring substituents is 1. The van der Waals surface area contributed by atoms with Gasteiger partial charge in [0.1, 0.15) is 5.75 Å². The summed E-state index contributed by atoms with van der Waals surface area (Å²) in [6.07, 6.45) is 6.35. The predicted molar refractivity (Wildman–Crippen MR) is 85.3 cm³/mol. The van der Waals surface area contributed by atoms with E-state index in [1.54, 1.807) is 12.1 Å². The first-order valence-corrected chi connectivity index (χ1v) is 8.20. The molecule has 4 rings (SSSR count). The number of nitro groups is 1. The second-order valence-electron chi connectivity index (χ2n) is 6.34. The van der Waals surface area contributed by atoms with Crippen LogP contribution in [0.25, 0.3) is 6.08 Å². The first-order chi connectivity index (χ1) is 11.2. The summed E-state index contributed by atoms with van der Waals surface area (Å²) in [6, 6.07) is 4.87. The summed E-state index contributed by atoms with van der Waals surface area (Å²) in [4.78, 5) is 13.0. The van der Waals surface area contributed by atoms with E-state index in [0.29, 0.717) is 0 Å². The van der Waals surface area contributed by atoms with E-state index in [1.165, 1.54) is 11.6 Å². The molecule has 1 aliphatic carbocycles. The highest BCUT2D eigenvalue weighted by Crippen LogP contribution is 2.46.